The summed E-state index contributed by atoms with van der Waals surface area (Å²) in [4.78, 5) is 10.4. The van der Waals surface area contributed by atoms with E-state index in [1.165, 1.54) is 25.7 Å². The Hall–Kier alpha value is -1.27. The number of carboxylic acid groups (broad SMARTS) is 1. The molecular weight excluding hydrogens is 288 g/mol. The van der Waals surface area contributed by atoms with E-state index < -0.39 is 12.1 Å². The lowest BCUT2D eigenvalue weighted by Crippen LogP contribution is -2.02. The van der Waals surface area contributed by atoms with Crippen molar-refractivity contribution >= 4 is 5.97 Å². The van der Waals surface area contributed by atoms with Crippen LogP contribution in [-0.2, 0) is 4.79 Å². The number of aliphatic carboxylic acids is 1. The molecule has 1 saturated carbocycles. The summed E-state index contributed by atoms with van der Waals surface area (Å²) in [7, 11) is 0. The van der Waals surface area contributed by atoms with E-state index in [0.717, 1.165) is 50.4 Å². The molecule has 1 unspecified atom stereocenters. The number of carbonyl (C=O) groups is 1. The third-order valence-corrected chi connectivity index (χ3v) is 4.42. The molecular formula is C20H32O3. The highest BCUT2D eigenvalue weighted by Gasteiger charge is 2.34. The summed E-state index contributed by atoms with van der Waals surface area (Å²) in [5, 5.41) is 18.3. The van der Waals surface area contributed by atoms with Crippen LogP contribution in [0.3, 0.4) is 0 Å². The molecule has 1 aliphatic rings. The van der Waals surface area contributed by atoms with Crippen molar-refractivity contribution in [3.8, 4) is 11.8 Å². The molecule has 0 radical (unpaired) electrons. The van der Waals surface area contributed by atoms with Crippen LogP contribution in [0, 0.1) is 23.7 Å². The summed E-state index contributed by atoms with van der Waals surface area (Å²) < 4.78 is 0. The minimum atomic E-state index is -0.712. The largest absolute Gasteiger partial charge is 0.481 e. The van der Waals surface area contributed by atoms with E-state index in [1.807, 2.05) is 0 Å². The molecule has 0 aliphatic heterocycles. The van der Waals surface area contributed by atoms with Gasteiger partial charge in [-0.2, -0.15) is 0 Å². The Labute approximate surface area is 141 Å². The third kappa shape index (κ3) is 11.0. The zero-order valence-corrected chi connectivity index (χ0v) is 14.5. The van der Waals surface area contributed by atoms with Crippen molar-refractivity contribution in [2.75, 3.05) is 0 Å². The Morgan fingerprint density at radius 2 is 2.00 bits per heavy atom. The third-order valence-electron chi connectivity index (χ3n) is 4.42. The van der Waals surface area contributed by atoms with E-state index >= 15 is 0 Å². The van der Waals surface area contributed by atoms with Gasteiger partial charge in [-0.05, 0) is 56.8 Å². The second-order valence-electron chi connectivity index (χ2n) is 6.63. The van der Waals surface area contributed by atoms with Crippen LogP contribution in [-0.4, -0.2) is 22.3 Å². The molecule has 1 fully saturated rings. The summed E-state index contributed by atoms with van der Waals surface area (Å²) >= 11 is 0. The zero-order chi connectivity index (χ0) is 16.9. The quantitative estimate of drug-likeness (QED) is 0.315. The topological polar surface area (TPSA) is 57.5 Å². The molecule has 3 atom stereocenters. The van der Waals surface area contributed by atoms with Crippen LogP contribution in [0.5, 0.6) is 0 Å². The lowest BCUT2D eigenvalue weighted by Gasteiger charge is -2.01. The first-order valence-corrected chi connectivity index (χ1v) is 9.16. The molecule has 0 aromatic heterocycles. The Morgan fingerprint density at radius 3 is 2.74 bits per heavy atom. The molecule has 3 heteroatoms. The van der Waals surface area contributed by atoms with Crippen molar-refractivity contribution < 1.29 is 15.0 Å². The summed E-state index contributed by atoms with van der Waals surface area (Å²) in [6.07, 6.45) is 14.4. The van der Waals surface area contributed by atoms with Crippen LogP contribution in [0.2, 0.25) is 0 Å². The predicted molar refractivity (Wildman–Crippen MR) is 94.0 cm³/mol. The van der Waals surface area contributed by atoms with E-state index in [4.69, 9.17) is 5.11 Å². The summed E-state index contributed by atoms with van der Waals surface area (Å²) in [5.41, 5.74) is 0. The monoisotopic (exact) mass is 320 g/mol. The molecule has 0 aromatic carbocycles. The molecule has 1 aliphatic carbocycles. The zero-order valence-electron chi connectivity index (χ0n) is 14.5. The number of allylic oxidation sites excluding steroid dienone is 2. The predicted octanol–water partition coefficient (Wildman–Crippen LogP) is 4.55. The van der Waals surface area contributed by atoms with Gasteiger partial charge in [0.25, 0.3) is 0 Å². The Morgan fingerprint density at radius 1 is 1.22 bits per heavy atom. The molecule has 2 N–H and O–H groups in total. The molecule has 3 nitrogen and oxygen atoms in total. The van der Waals surface area contributed by atoms with Crippen LogP contribution in [0.25, 0.3) is 0 Å². The molecule has 130 valence electrons. The van der Waals surface area contributed by atoms with Gasteiger partial charge in [0, 0.05) is 12.8 Å². The van der Waals surface area contributed by atoms with E-state index in [9.17, 15) is 9.90 Å². The lowest BCUT2D eigenvalue weighted by atomic mass is 10.1. The van der Waals surface area contributed by atoms with E-state index in [-0.39, 0.29) is 6.42 Å². The Bertz CT molecular complexity index is 416. The molecule has 0 aromatic rings. The van der Waals surface area contributed by atoms with Gasteiger partial charge < -0.3 is 10.2 Å². The average Bonchev–Trinajstić information content (AvgIpc) is 3.24. The molecule has 0 heterocycles. The van der Waals surface area contributed by atoms with Gasteiger partial charge in [0.2, 0.25) is 0 Å². The number of aliphatic hydroxyl groups is 1. The second kappa shape index (κ2) is 12.2. The number of unbranched alkanes of at least 4 members (excludes halogenated alkanes) is 3. The maximum absolute atomic E-state index is 10.4. The van der Waals surface area contributed by atoms with Gasteiger partial charge in [0.05, 0.1) is 0 Å². The average molecular weight is 320 g/mol. The highest BCUT2D eigenvalue weighted by molar-refractivity contribution is 5.66. The van der Waals surface area contributed by atoms with Crippen molar-refractivity contribution in [2.45, 2.75) is 83.7 Å². The second-order valence-corrected chi connectivity index (χ2v) is 6.63. The summed E-state index contributed by atoms with van der Waals surface area (Å²) in [6.45, 7) is 2.16. The van der Waals surface area contributed by atoms with Crippen molar-refractivity contribution in [3.05, 3.63) is 12.2 Å². The van der Waals surface area contributed by atoms with Gasteiger partial charge in [0.15, 0.2) is 0 Å². The molecule has 0 saturated heterocycles. The molecule has 23 heavy (non-hydrogen) atoms. The number of hydrogen-bond donors (Lipinski definition) is 2. The first-order valence-electron chi connectivity index (χ1n) is 9.16. The van der Waals surface area contributed by atoms with Crippen molar-refractivity contribution in [1.82, 2.24) is 0 Å². The maximum atomic E-state index is 10.4. The molecule has 0 spiro atoms. The number of rotatable bonds is 12. The lowest BCUT2D eigenvalue weighted by molar-refractivity contribution is -0.137. The fourth-order valence-electron chi connectivity index (χ4n) is 2.80. The van der Waals surface area contributed by atoms with Crippen molar-refractivity contribution in [3.63, 3.8) is 0 Å². The maximum Gasteiger partial charge on any atom is 0.303 e. The van der Waals surface area contributed by atoms with Gasteiger partial charge >= 0.3 is 5.97 Å². The SMILES string of the molecule is CCCCCC(O)C#CC[C@H]1C[C@@H]1CC/C=C\CCCC(=O)O. The number of carboxylic acids is 1. The molecule has 0 amide bonds. The van der Waals surface area contributed by atoms with Gasteiger partial charge in [-0.25, -0.2) is 0 Å². The minimum absolute atomic E-state index is 0.262. The highest BCUT2D eigenvalue weighted by Crippen LogP contribution is 2.44. The minimum Gasteiger partial charge on any atom is -0.481 e. The van der Waals surface area contributed by atoms with Crippen LogP contribution in [0.15, 0.2) is 12.2 Å². The van der Waals surface area contributed by atoms with Gasteiger partial charge in [-0.1, -0.05) is 37.8 Å². The van der Waals surface area contributed by atoms with E-state index in [2.05, 4.69) is 30.9 Å². The Balaban J connectivity index is 1.99. The van der Waals surface area contributed by atoms with E-state index in [0.29, 0.717) is 0 Å². The van der Waals surface area contributed by atoms with Crippen molar-refractivity contribution in [1.29, 1.82) is 0 Å². The van der Waals surface area contributed by atoms with Gasteiger partial charge in [0.1, 0.15) is 6.10 Å². The van der Waals surface area contributed by atoms with Crippen LogP contribution in [0.4, 0.5) is 0 Å². The smallest absolute Gasteiger partial charge is 0.303 e. The molecule has 0 bridgehead atoms. The summed E-state index contributed by atoms with van der Waals surface area (Å²) in [6, 6.07) is 0. The van der Waals surface area contributed by atoms with E-state index in [1.54, 1.807) is 0 Å². The number of hydrogen-bond acceptors (Lipinski definition) is 2. The number of aliphatic hydroxyl groups excluding tert-OH is 1. The van der Waals surface area contributed by atoms with Gasteiger partial charge in [-0.3, -0.25) is 4.79 Å². The first kappa shape index (κ1) is 19.8. The molecule has 1 rings (SSSR count). The van der Waals surface area contributed by atoms with Crippen LogP contribution < -0.4 is 0 Å². The standard InChI is InChI=1S/C20H32O3/c1-2-3-7-13-19(21)14-10-12-18-16-17(18)11-8-5-4-6-9-15-20(22)23/h4-5,17-19,21H,2-3,6-9,11-13,15-16H2,1H3,(H,22,23)/b5-4-/t17-,18-,19?/m0/s1. The van der Waals surface area contributed by atoms with Crippen LogP contribution >= 0.6 is 0 Å². The Kier molecular flexibility index (Phi) is 10.5. The van der Waals surface area contributed by atoms with Crippen LogP contribution in [0.1, 0.15) is 77.6 Å². The first-order chi connectivity index (χ1) is 11.1. The fourth-order valence-corrected chi connectivity index (χ4v) is 2.80. The van der Waals surface area contributed by atoms with Crippen molar-refractivity contribution in [2.24, 2.45) is 11.8 Å². The summed E-state index contributed by atoms with van der Waals surface area (Å²) in [5.74, 6) is 6.95. The highest BCUT2D eigenvalue weighted by atomic mass is 16.4. The van der Waals surface area contributed by atoms with Gasteiger partial charge in [-0.15, -0.1) is 5.92 Å². The fraction of sp³-hybridized carbons (Fsp3) is 0.750. The normalized spacial score (nSPS) is 21.0.